The fourth-order valence-corrected chi connectivity index (χ4v) is 3.03. The lowest BCUT2D eigenvalue weighted by Crippen LogP contribution is -2.56. The molecule has 1 aliphatic rings. The number of hydrogen-bond acceptors (Lipinski definition) is 3. The number of benzene rings is 1. The van der Waals surface area contributed by atoms with E-state index >= 15 is 0 Å². The highest BCUT2D eigenvalue weighted by Gasteiger charge is 2.30. The number of rotatable bonds is 3. The maximum atomic E-state index is 10.9. The monoisotopic (exact) mass is 326 g/mol. The van der Waals surface area contributed by atoms with Crippen LogP contribution in [0.25, 0.3) is 0 Å². The van der Waals surface area contributed by atoms with Crippen LogP contribution in [0.3, 0.4) is 0 Å². The summed E-state index contributed by atoms with van der Waals surface area (Å²) in [7, 11) is 2.00. The zero-order valence-electron chi connectivity index (χ0n) is 11.2. The topological polar surface area (TPSA) is 43.8 Å². The van der Waals surface area contributed by atoms with E-state index in [9.17, 15) is 4.79 Å². The van der Waals surface area contributed by atoms with Gasteiger partial charge in [-0.3, -0.25) is 9.69 Å². The predicted octanol–water partition coefficient (Wildman–Crippen LogP) is 2.43. The van der Waals surface area contributed by atoms with Crippen molar-refractivity contribution in [2.75, 3.05) is 25.0 Å². The van der Waals surface area contributed by atoms with E-state index in [0.29, 0.717) is 6.04 Å². The van der Waals surface area contributed by atoms with Crippen molar-refractivity contribution in [3.8, 4) is 0 Å². The highest BCUT2D eigenvalue weighted by molar-refractivity contribution is 9.10. The van der Waals surface area contributed by atoms with E-state index in [1.807, 2.05) is 19.2 Å². The van der Waals surface area contributed by atoms with Crippen molar-refractivity contribution in [1.29, 1.82) is 0 Å². The summed E-state index contributed by atoms with van der Waals surface area (Å²) in [5.74, 6) is -0.736. The molecular formula is C14H19BrN2O2. The molecule has 1 fully saturated rings. The zero-order chi connectivity index (χ0) is 14.0. The summed E-state index contributed by atoms with van der Waals surface area (Å²) in [4.78, 5) is 15.4. The average molecular weight is 327 g/mol. The van der Waals surface area contributed by atoms with Crippen LogP contribution < -0.4 is 4.90 Å². The largest absolute Gasteiger partial charge is 0.481 e. The lowest BCUT2D eigenvalue weighted by atomic mass is 10.0. The molecule has 2 rings (SSSR count). The number of piperazine rings is 1. The van der Waals surface area contributed by atoms with Gasteiger partial charge in [-0.2, -0.15) is 0 Å². The number of carboxylic acid groups (broad SMARTS) is 1. The van der Waals surface area contributed by atoms with Crippen molar-refractivity contribution in [2.24, 2.45) is 0 Å². The van der Waals surface area contributed by atoms with Crippen molar-refractivity contribution in [3.63, 3.8) is 0 Å². The van der Waals surface area contributed by atoms with E-state index in [-0.39, 0.29) is 12.5 Å². The lowest BCUT2D eigenvalue weighted by Gasteiger charge is -2.44. The second kappa shape index (κ2) is 5.92. The van der Waals surface area contributed by atoms with Crippen LogP contribution in [0.5, 0.6) is 0 Å². The molecule has 1 saturated heterocycles. The number of anilines is 1. The third-order valence-corrected chi connectivity index (χ3v) is 4.16. The van der Waals surface area contributed by atoms with Gasteiger partial charge in [-0.25, -0.2) is 0 Å². The van der Waals surface area contributed by atoms with Gasteiger partial charge >= 0.3 is 5.97 Å². The van der Waals surface area contributed by atoms with Crippen molar-refractivity contribution in [2.45, 2.75) is 25.4 Å². The quantitative estimate of drug-likeness (QED) is 0.926. The van der Waals surface area contributed by atoms with E-state index in [4.69, 9.17) is 5.11 Å². The molecule has 19 heavy (non-hydrogen) atoms. The minimum Gasteiger partial charge on any atom is -0.481 e. The maximum Gasteiger partial charge on any atom is 0.305 e. The molecule has 2 unspecified atom stereocenters. The minimum absolute atomic E-state index is 0.0627. The standard InChI is InChI=1S/C14H19BrN2O2/c1-10-8-16(2)13(7-14(18)19)9-17(10)12-5-3-4-11(15)6-12/h3-6,10,13H,7-9H2,1-2H3,(H,18,19). The molecule has 5 heteroatoms. The molecule has 1 aromatic carbocycles. The molecule has 0 aliphatic carbocycles. The molecule has 0 amide bonds. The van der Waals surface area contributed by atoms with Gasteiger partial charge < -0.3 is 10.0 Å². The molecule has 4 nitrogen and oxygen atoms in total. The van der Waals surface area contributed by atoms with E-state index in [1.165, 1.54) is 0 Å². The molecule has 0 saturated carbocycles. The molecule has 0 radical (unpaired) electrons. The van der Waals surface area contributed by atoms with Crippen LogP contribution in [-0.2, 0) is 4.79 Å². The first-order valence-electron chi connectivity index (χ1n) is 6.41. The normalized spacial score (nSPS) is 24.5. The third kappa shape index (κ3) is 3.48. The molecule has 0 spiro atoms. The number of aliphatic carboxylic acids is 1. The summed E-state index contributed by atoms with van der Waals surface area (Å²) < 4.78 is 1.05. The van der Waals surface area contributed by atoms with Crippen LogP contribution in [0.15, 0.2) is 28.7 Å². The van der Waals surface area contributed by atoms with Crippen molar-refractivity contribution >= 4 is 27.6 Å². The summed E-state index contributed by atoms with van der Waals surface area (Å²) in [5, 5.41) is 9.00. The maximum absolute atomic E-state index is 10.9. The molecule has 2 atom stereocenters. The molecule has 1 aliphatic heterocycles. The van der Waals surface area contributed by atoms with Crippen LogP contribution in [-0.4, -0.2) is 48.2 Å². The van der Waals surface area contributed by atoms with Gasteiger partial charge in [-0.1, -0.05) is 22.0 Å². The number of carbonyl (C=O) groups is 1. The van der Waals surface area contributed by atoms with Gasteiger partial charge in [0.1, 0.15) is 0 Å². The smallest absolute Gasteiger partial charge is 0.305 e. The van der Waals surface area contributed by atoms with Gasteiger partial charge in [0.2, 0.25) is 0 Å². The summed E-state index contributed by atoms with van der Waals surface area (Å²) in [5.41, 5.74) is 1.14. The van der Waals surface area contributed by atoms with Gasteiger partial charge in [0.25, 0.3) is 0 Å². The Kier molecular flexibility index (Phi) is 4.47. The Labute approximate surface area is 122 Å². The Hall–Kier alpha value is -1.07. The van der Waals surface area contributed by atoms with Crippen molar-refractivity contribution in [1.82, 2.24) is 4.90 Å². The van der Waals surface area contributed by atoms with E-state index in [1.54, 1.807) is 0 Å². The molecule has 1 heterocycles. The summed E-state index contributed by atoms with van der Waals surface area (Å²) in [6, 6.07) is 8.61. The molecule has 1 aromatic rings. The number of halogens is 1. The highest BCUT2D eigenvalue weighted by atomic mass is 79.9. The molecule has 1 N–H and O–H groups in total. The first-order chi connectivity index (χ1) is 8.97. The Morgan fingerprint density at radius 1 is 1.47 bits per heavy atom. The highest BCUT2D eigenvalue weighted by Crippen LogP contribution is 2.26. The van der Waals surface area contributed by atoms with Crippen LogP contribution >= 0.6 is 15.9 Å². The fourth-order valence-electron chi connectivity index (χ4n) is 2.65. The molecule has 0 aromatic heterocycles. The van der Waals surface area contributed by atoms with E-state index in [2.05, 4.69) is 44.8 Å². The van der Waals surface area contributed by atoms with Gasteiger partial charge in [-0.05, 0) is 32.2 Å². The second-order valence-corrected chi connectivity index (χ2v) is 6.09. The Bertz CT molecular complexity index is 467. The molecular weight excluding hydrogens is 308 g/mol. The Balaban J connectivity index is 2.17. The lowest BCUT2D eigenvalue weighted by molar-refractivity contribution is -0.138. The second-order valence-electron chi connectivity index (χ2n) is 5.17. The van der Waals surface area contributed by atoms with Gasteiger partial charge in [0.15, 0.2) is 0 Å². The SMILES string of the molecule is CC1CN(C)C(CC(=O)O)CN1c1cccc(Br)c1. The first-order valence-corrected chi connectivity index (χ1v) is 7.21. The Morgan fingerprint density at radius 2 is 2.21 bits per heavy atom. The van der Waals surface area contributed by atoms with Crippen LogP contribution in [0, 0.1) is 0 Å². The van der Waals surface area contributed by atoms with Crippen molar-refractivity contribution < 1.29 is 9.90 Å². The third-order valence-electron chi connectivity index (χ3n) is 3.67. The van der Waals surface area contributed by atoms with Crippen LogP contribution in [0.1, 0.15) is 13.3 Å². The Morgan fingerprint density at radius 3 is 2.84 bits per heavy atom. The van der Waals surface area contributed by atoms with Gasteiger partial charge in [-0.15, -0.1) is 0 Å². The fraction of sp³-hybridized carbons (Fsp3) is 0.500. The average Bonchev–Trinajstić information content (AvgIpc) is 2.32. The van der Waals surface area contributed by atoms with E-state index < -0.39 is 5.97 Å². The van der Waals surface area contributed by atoms with Gasteiger partial charge in [0, 0.05) is 35.3 Å². The predicted molar refractivity (Wildman–Crippen MR) is 79.6 cm³/mol. The number of hydrogen-bond donors (Lipinski definition) is 1. The van der Waals surface area contributed by atoms with Gasteiger partial charge in [0.05, 0.1) is 6.42 Å². The van der Waals surface area contributed by atoms with Crippen LogP contribution in [0.4, 0.5) is 5.69 Å². The number of likely N-dealkylation sites (N-methyl/N-ethyl adjacent to an activating group) is 1. The zero-order valence-corrected chi connectivity index (χ0v) is 12.8. The first kappa shape index (κ1) is 14.3. The summed E-state index contributed by atoms with van der Waals surface area (Å²) >= 11 is 3.48. The van der Waals surface area contributed by atoms with E-state index in [0.717, 1.165) is 23.2 Å². The number of nitrogens with zero attached hydrogens (tertiary/aromatic N) is 2. The van der Waals surface area contributed by atoms with Crippen molar-refractivity contribution in [3.05, 3.63) is 28.7 Å². The van der Waals surface area contributed by atoms with Crippen LogP contribution in [0.2, 0.25) is 0 Å². The molecule has 104 valence electrons. The summed E-state index contributed by atoms with van der Waals surface area (Å²) in [6.07, 6.45) is 0.188. The molecule has 0 bridgehead atoms. The number of carboxylic acids is 1. The minimum atomic E-state index is -0.736. The summed E-state index contributed by atoms with van der Waals surface area (Å²) in [6.45, 7) is 3.80.